The average Bonchev–Trinajstić information content (AvgIpc) is 2.81. The summed E-state index contributed by atoms with van der Waals surface area (Å²) in [6.45, 7) is 6.12. The van der Waals surface area contributed by atoms with E-state index in [1.807, 2.05) is 51.1 Å². The molecular formula is C15H21N3O2S. The van der Waals surface area contributed by atoms with Crippen LogP contribution < -0.4 is 4.72 Å². The van der Waals surface area contributed by atoms with Gasteiger partial charge >= 0.3 is 0 Å². The molecule has 0 radical (unpaired) electrons. The molecule has 0 atom stereocenters. The highest BCUT2D eigenvalue weighted by Gasteiger charge is 2.29. The monoisotopic (exact) mass is 307 g/mol. The van der Waals surface area contributed by atoms with E-state index in [0.717, 1.165) is 5.56 Å². The fraction of sp³-hybridized carbons (Fsp3) is 0.400. The van der Waals surface area contributed by atoms with Crippen LogP contribution in [0.1, 0.15) is 32.0 Å². The minimum absolute atomic E-state index is 0.244. The highest BCUT2D eigenvalue weighted by Crippen LogP contribution is 2.27. The molecule has 0 aliphatic carbocycles. The topological polar surface area (TPSA) is 64.0 Å². The quantitative estimate of drug-likeness (QED) is 0.942. The molecule has 21 heavy (non-hydrogen) atoms. The molecule has 1 aromatic heterocycles. The molecule has 0 unspecified atom stereocenters. The molecule has 0 saturated heterocycles. The number of aryl methyl sites for hydroxylation is 1. The smallest absolute Gasteiger partial charge is 0.244 e. The molecule has 0 spiro atoms. The highest BCUT2D eigenvalue weighted by molar-refractivity contribution is 7.89. The molecule has 0 amide bonds. The van der Waals surface area contributed by atoms with Crippen LogP contribution in [0, 0.1) is 0 Å². The van der Waals surface area contributed by atoms with Crippen molar-refractivity contribution in [2.45, 2.75) is 37.6 Å². The molecule has 0 aliphatic rings. The maximum absolute atomic E-state index is 12.5. The Kier molecular flexibility index (Phi) is 4.20. The Hall–Kier alpha value is -1.66. The number of sulfonamides is 1. The number of aromatic nitrogens is 2. The first-order chi connectivity index (χ1) is 9.70. The van der Waals surface area contributed by atoms with Gasteiger partial charge in [0.1, 0.15) is 4.90 Å². The van der Waals surface area contributed by atoms with Gasteiger partial charge in [-0.3, -0.25) is 4.68 Å². The van der Waals surface area contributed by atoms with Crippen LogP contribution in [0.15, 0.2) is 41.4 Å². The molecule has 0 fully saturated rings. The molecule has 0 bridgehead atoms. The molecule has 1 heterocycles. The van der Waals surface area contributed by atoms with Gasteiger partial charge in [0.25, 0.3) is 0 Å². The molecule has 6 heteroatoms. The lowest BCUT2D eigenvalue weighted by molar-refractivity contribution is 0.535. The Bertz CT molecular complexity index is 713. The highest BCUT2D eigenvalue weighted by atomic mass is 32.2. The summed E-state index contributed by atoms with van der Waals surface area (Å²) in [6, 6.07) is 9.44. The first kappa shape index (κ1) is 15.7. The van der Waals surface area contributed by atoms with Crippen molar-refractivity contribution in [3.8, 4) is 0 Å². The van der Waals surface area contributed by atoms with Crippen molar-refractivity contribution < 1.29 is 8.42 Å². The van der Waals surface area contributed by atoms with Gasteiger partial charge in [0.2, 0.25) is 10.0 Å². The molecule has 2 aromatic rings. The summed E-state index contributed by atoms with van der Waals surface area (Å²) in [6.07, 6.45) is 1.55. The van der Waals surface area contributed by atoms with Crippen LogP contribution in [-0.2, 0) is 29.0 Å². The SMILES string of the molecule is Cn1cc(S(=O)(=O)NCc2ccccc2)c(C(C)(C)C)n1. The zero-order valence-electron chi connectivity index (χ0n) is 12.8. The number of nitrogens with zero attached hydrogens (tertiary/aromatic N) is 2. The minimum atomic E-state index is -3.58. The van der Waals surface area contributed by atoms with E-state index in [9.17, 15) is 8.42 Å². The lowest BCUT2D eigenvalue weighted by Gasteiger charge is -2.17. The van der Waals surface area contributed by atoms with Crippen molar-refractivity contribution in [2.24, 2.45) is 7.05 Å². The predicted octanol–water partition coefficient (Wildman–Crippen LogP) is 2.20. The Morgan fingerprint density at radius 3 is 2.38 bits per heavy atom. The van der Waals surface area contributed by atoms with Gasteiger partial charge in [-0.25, -0.2) is 13.1 Å². The minimum Gasteiger partial charge on any atom is -0.274 e. The van der Waals surface area contributed by atoms with E-state index in [4.69, 9.17) is 0 Å². The molecule has 0 aliphatic heterocycles. The fourth-order valence-electron chi connectivity index (χ4n) is 2.03. The second kappa shape index (κ2) is 5.61. The number of nitrogens with one attached hydrogen (secondary N) is 1. The van der Waals surface area contributed by atoms with Crippen LogP contribution in [0.25, 0.3) is 0 Å². The van der Waals surface area contributed by atoms with Gasteiger partial charge in [0.05, 0.1) is 5.69 Å². The van der Waals surface area contributed by atoms with Gasteiger partial charge in [-0.1, -0.05) is 51.1 Å². The molecule has 1 N–H and O–H groups in total. The van der Waals surface area contributed by atoms with Crippen molar-refractivity contribution in [3.63, 3.8) is 0 Å². The van der Waals surface area contributed by atoms with E-state index >= 15 is 0 Å². The van der Waals surface area contributed by atoms with Crippen LogP contribution in [-0.4, -0.2) is 18.2 Å². The Labute approximate surface area is 126 Å². The zero-order valence-corrected chi connectivity index (χ0v) is 13.6. The second-order valence-corrected chi connectivity index (χ2v) is 7.81. The molecule has 0 saturated carbocycles. The zero-order chi connectivity index (χ0) is 15.7. The summed E-state index contributed by atoms with van der Waals surface area (Å²) in [7, 11) is -1.86. The van der Waals surface area contributed by atoms with E-state index in [1.165, 1.54) is 4.68 Å². The third kappa shape index (κ3) is 3.71. The molecule has 1 aromatic carbocycles. The van der Waals surface area contributed by atoms with E-state index in [-0.39, 0.29) is 16.9 Å². The van der Waals surface area contributed by atoms with Crippen molar-refractivity contribution >= 4 is 10.0 Å². The first-order valence-corrected chi connectivity index (χ1v) is 8.26. The third-order valence-electron chi connectivity index (χ3n) is 3.10. The van der Waals surface area contributed by atoms with Crippen LogP contribution in [0.4, 0.5) is 0 Å². The van der Waals surface area contributed by atoms with Crippen LogP contribution in [0.3, 0.4) is 0 Å². The lowest BCUT2D eigenvalue weighted by atomic mass is 9.92. The van der Waals surface area contributed by atoms with Crippen LogP contribution >= 0.6 is 0 Å². The van der Waals surface area contributed by atoms with E-state index in [0.29, 0.717) is 5.69 Å². The van der Waals surface area contributed by atoms with E-state index in [2.05, 4.69) is 9.82 Å². The number of benzene rings is 1. The van der Waals surface area contributed by atoms with Gasteiger partial charge in [0, 0.05) is 25.2 Å². The first-order valence-electron chi connectivity index (χ1n) is 6.78. The second-order valence-electron chi connectivity index (χ2n) is 6.08. The molecular weight excluding hydrogens is 286 g/mol. The average molecular weight is 307 g/mol. The predicted molar refractivity (Wildman–Crippen MR) is 82.4 cm³/mol. The molecule has 5 nitrogen and oxygen atoms in total. The maximum Gasteiger partial charge on any atom is 0.244 e. The third-order valence-corrected chi connectivity index (χ3v) is 4.51. The Morgan fingerprint density at radius 1 is 1.19 bits per heavy atom. The van der Waals surface area contributed by atoms with Crippen LogP contribution in [0.5, 0.6) is 0 Å². The summed E-state index contributed by atoms with van der Waals surface area (Å²) in [4.78, 5) is 0.244. The van der Waals surface area contributed by atoms with Crippen molar-refractivity contribution in [3.05, 3.63) is 47.8 Å². The van der Waals surface area contributed by atoms with Gasteiger partial charge < -0.3 is 0 Å². The summed E-state index contributed by atoms with van der Waals surface area (Å²) in [5.74, 6) is 0. The largest absolute Gasteiger partial charge is 0.274 e. The normalized spacial score (nSPS) is 12.6. The Morgan fingerprint density at radius 2 is 1.81 bits per heavy atom. The number of rotatable bonds is 4. The summed E-state index contributed by atoms with van der Waals surface area (Å²) in [5.41, 5.74) is 1.16. The maximum atomic E-state index is 12.5. The number of hydrogen-bond donors (Lipinski definition) is 1. The summed E-state index contributed by atoms with van der Waals surface area (Å²) >= 11 is 0. The van der Waals surface area contributed by atoms with Gasteiger partial charge in [-0.15, -0.1) is 0 Å². The standard InChI is InChI=1S/C15H21N3O2S/c1-15(2,3)14-13(11-18(4)17-14)21(19,20)16-10-12-8-6-5-7-9-12/h5-9,11,16H,10H2,1-4H3. The van der Waals surface area contributed by atoms with E-state index in [1.54, 1.807) is 13.2 Å². The summed E-state index contributed by atoms with van der Waals surface area (Å²) < 4.78 is 29.2. The van der Waals surface area contributed by atoms with Gasteiger partial charge in [-0.2, -0.15) is 5.10 Å². The van der Waals surface area contributed by atoms with Crippen molar-refractivity contribution in [1.29, 1.82) is 0 Å². The van der Waals surface area contributed by atoms with Gasteiger partial charge in [-0.05, 0) is 5.56 Å². The summed E-state index contributed by atoms with van der Waals surface area (Å²) in [5, 5.41) is 4.30. The molecule has 2 rings (SSSR count). The number of hydrogen-bond acceptors (Lipinski definition) is 3. The van der Waals surface area contributed by atoms with Crippen molar-refractivity contribution in [1.82, 2.24) is 14.5 Å². The van der Waals surface area contributed by atoms with Crippen LogP contribution in [0.2, 0.25) is 0 Å². The molecule has 114 valence electrons. The van der Waals surface area contributed by atoms with E-state index < -0.39 is 10.0 Å². The lowest BCUT2D eigenvalue weighted by Crippen LogP contribution is -2.26. The van der Waals surface area contributed by atoms with Crippen molar-refractivity contribution in [2.75, 3.05) is 0 Å². The fourth-order valence-corrected chi connectivity index (χ4v) is 3.44. The Balaban J connectivity index is 2.28. The van der Waals surface area contributed by atoms with Gasteiger partial charge in [0.15, 0.2) is 0 Å².